The molecular weight excluding hydrogens is 451 g/mol. The summed E-state index contributed by atoms with van der Waals surface area (Å²) >= 11 is 0. The Bertz CT molecular complexity index is 1270. The van der Waals surface area contributed by atoms with Gasteiger partial charge < -0.3 is 14.7 Å². The van der Waals surface area contributed by atoms with Crippen molar-refractivity contribution in [1.82, 2.24) is 4.90 Å². The summed E-state index contributed by atoms with van der Waals surface area (Å²) in [5, 5.41) is 11.7. The van der Waals surface area contributed by atoms with Gasteiger partial charge in [-0.1, -0.05) is 48.5 Å². The number of hydrogen-bond donors (Lipinski definition) is 2. The molecule has 8 heteroatoms. The second kappa shape index (κ2) is 9.21. The van der Waals surface area contributed by atoms with Crippen LogP contribution in [0.1, 0.15) is 40.2 Å². The van der Waals surface area contributed by atoms with E-state index < -0.39 is 30.3 Å². The standard InChI is InChI=1S/C27H23FN2O5/c28-16-9-12-24(22(13-16)26(33)30(14-25(31)32)17-10-11-17)29-27(34)35-15-23-20-7-3-1-5-18(20)19-6-2-4-8-21(19)23/h1-9,12-13,17,23H,10-11,14-15H2,(H,29,34)(H,31,32). The number of nitrogens with zero attached hydrogens (tertiary/aromatic N) is 1. The minimum atomic E-state index is -1.16. The number of rotatable bonds is 7. The van der Waals surface area contributed by atoms with Crippen molar-refractivity contribution < 1.29 is 28.6 Å². The maximum Gasteiger partial charge on any atom is 0.411 e. The van der Waals surface area contributed by atoms with Gasteiger partial charge in [-0.2, -0.15) is 0 Å². The molecular formula is C27H23FN2O5. The van der Waals surface area contributed by atoms with E-state index in [1.807, 2.05) is 48.5 Å². The quantitative estimate of drug-likeness (QED) is 0.509. The minimum Gasteiger partial charge on any atom is -0.480 e. The first-order valence-electron chi connectivity index (χ1n) is 11.4. The Morgan fingerprint density at radius 3 is 2.20 bits per heavy atom. The zero-order chi connectivity index (χ0) is 24.5. The van der Waals surface area contributed by atoms with E-state index in [4.69, 9.17) is 4.74 Å². The molecule has 35 heavy (non-hydrogen) atoms. The number of benzene rings is 3. The summed E-state index contributed by atoms with van der Waals surface area (Å²) in [6.45, 7) is -0.415. The predicted molar refractivity (Wildman–Crippen MR) is 127 cm³/mol. The molecule has 0 atom stereocenters. The van der Waals surface area contributed by atoms with Crippen molar-refractivity contribution in [2.24, 2.45) is 0 Å². The zero-order valence-electron chi connectivity index (χ0n) is 18.7. The van der Waals surface area contributed by atoms with Gasteiger partial charge in [-0.05, 0) is 53.3 Å². The number of carboxylic acids is 1. The fraction of sp³-hybridized carbons (Fsp3) is 0.222. The number of carbonyl (C=O) groups is 3. The molecule has 0 heterocycles. The Morgan fingerprint density at radius 1 is 0.971 bits per heavy atom. The largest absolute Gasteiger partial charge is 0.480 e. The summed E-state index contributed by atoms with van der Waals surface area (Å²) in [6.07, 6.45) is 0.580. The molecule has 0 radical (unpaired) electrons. The summed E-state index contributed by atoms with van der Waals surface area (Å²) in [7, 11) is 0. The summed E-state index contributed by atoms with van der Waals surface area (Å²) in [5.41, 5.74) is 4.27. The van der Waals surface area contributed by atoms with Crippen LogP contribution in [0.25, 0.3) is 11.1 Å². The molecule has 3 aromatic carbocycles. The number of fused-ring (bicyclic) bond motifs is 3. The number of hydrogen-bond acceptors (Lipinski definition) is 4. The molecule has 1 fully saturated rings. The molecule has 0 spiro atoms. The van der Waals surface area contributed by atoms with E-state index in [1.165, 1.54) is 11.0 Å². The van der Waals surface area contributed by atoms with Crippen molar-refractivity contribution in [1.29, 1.82) is 0 Å². The van der Waals surface area contributed by atoms with Gasteiger partial charge in [0.1, 0.15) is 19.0 Å². The van der Waals surface area contributed by atoms with E-state index in [9.17, 15) is 23.9 Å². The second-order valence-electron chi connectivity index (χ2n) is 8.70. The van der Waals surface area contributed by atoms with Crippen LogP contribution >= 0.6 is 0 Å². The van der Waals surface area contributed by atoms with Gasteiger partial charge in [-0.15, -0.1) is 0 Å². The first-order chi connectivity index (χ1) is 16.9. The normalized spacial score (nSPS) is 14.1. The van der Waals surface area contributed by atoms with Crippen LogP contribution in [0.15, 0.2) is 66.7 Å². The van der Waals surface area contributed by atoms with Gasteiger partial charge in [0.15, 0.2) is 0 Å². The maximum absolute atomic E-state index is 14.0. The number of nitrogens with one attached hydrogen (secondary N) is 1. The van der Waals surface area contributed by atoms with E-state index in [2.05, 4.69) is 5.32 Å². The highest BCUT2D eigenvalue weighted by Gasteiger charge is 2.35. The van der Waals surface area contributed by atoms with Crippen LogP contribution in [0.5, 0.6) is 0 Å². The Balaban J connectivity index is 1.32. The van der Waals surface area contributed by atoms with Crippen LogP contribution in [0, 0.1) is 5.82 Å². The molecule has 3 aromatic rings. The van der Waals surface area contributed by atoms with Crippen LogP contribution < -0.4 is 5.32 Å². The van der Waals surface area contributed by atoms with E-state index in [0.29, 0.717) is 12.8 Å². The number of halogens is 1. The molecule has 0 saturated heterocycles. The number of carbonyl (C=O) groups excluding carboxylic acids is 2. The predicted octanol–water partition coefficient (Wildman–Crippen LogP) is 4.88. The Labute approximate surface area is 201 Å². The third-order valence-corrected chi connectivity index (χ3v) is 6.35. The summed E-state index contributed by atoms with van der Waals surface area (Å²) < 4.78 is 19.5. The third kappa shape index (κ3) is 4.59. The number of aliphatic carboxylic acids is 1. The highest BCUT2D eigenvalue weighted by molar-refractivity contribution is 6.03. The lowest BCUT2D eigenvalue weighted by atomic mass is 9.98. The van der Waals surface area contributed by atoms with Gasteiger partial charge in [-0.3, -0.25) is 14.9 Å². The molecule has 2 aliphatic carbocycles. The lowest BCUT2D eigenvalue weighted by molar-refractivity contribution is -0.137. The van der Waals surface area contributed by atoms with Crippen LogP contribution in [-0.4, -0.2) is 47.2 Å². The molecule has 0 aromatic heterocycles. The molecule has 5 rings (SSSR count). The fourth-order valence-corrected chi connectivity index (χ4v) is 4.60. The van der Waals surface area contributed by atoms with Crippen LogP contribution in [0.3, 0.4) is 0 Å². The fourth-order valence-electron chi connectivity index (χ4n) is 4.60. The number of carboxylic acid groups (broad SMARTS) is 1. The lowest BCUT2D eigenvalue weighted by Crippen LogP contribution is -2.38. The van der Waals surface area contributed by atoms with Crippen LogP contribution in [0.2, 0.25) is 0 Å². The number of amides is 2. The van der Waals surface area contributed by atoms with Crippen molar-refractivity contribution in [3.63, 3.8) is 0 Å². The van der Waals surface area contributed by atoms with Gasteiger partial charge in [0.2, 0.25) is 0 Å². The summed E-state index contributed by atoms with van der Waals surface area (Å²) in [4.78, 5) is 38.2. The van der Waals surface area contributed by atoms with Gasteiger partial charge in [0, 0.05) is 12.0 Å². The van der Waals surface area contributed by atoms with Crippen molar-refractivity contribution >= 4 is 23.7 Å². The zero-order valence-corrected chi connectivity index (χ0v) is 18.7. The van der Waals surface area contributed by atoms with E-state index in [-0.39, 0.29) is 29.8 Å². The van der Waals surface area contributed by atoms with Gasteiger partial charge in [-0.25, -0.2) is 9.18 Å². The lowest BCUT2D eigenvalue weighted by Gasteiger charge is -2.22. The summed E-state index contributed by atoms with van der Waals surface area (Å²) in [6, 6.07) is 19.1. The smallest absolute Gasteiger partial charge is 0.411 e. The number of ether oxygens (including phenoxy) is 1. The van der Waals surface area contributed by atoms with Gasteiger partial charge in [0.05, 0.1) is 11.3 Å². The molecule has 7 nitrogen and oxygen atoms in total. The molecule has 178 valence electrons. The topological polar surface area (TPSA) is 95.9 Å². The molecule has 2 N–H and O–H groups in total. The summed E-state index contributed by atoms with van der Waals surface area (Å²) in [5.74, 6) is -2.61. The Hall–Kier alpha value is -4.20. The molecule has 0 unspecified atom stereocenters. The highest BCUT2D eigenvalue weighted by atomic mass is 19.1. The Morgan fingerprint density at radius 2 is 1.60 bits per heavy atom. The highest BCUT2D eigenvalue weighted by Crippen LogP contribution is 2.44. The van der Waals surface area contributed by atoms with Gasteiger partial charge in [0.25, 0.3) is 5.91 Å². The van der Waals surface area contributed by atoms with Crippen LogP contribution in [-0.2, 0) is 9.53 Å². The van der Waals surface area contributed by atoms with Crippen molar-refractivity contribution in [2.45, 2.75) is 24.8 Å². The average Bonchev–Trinajstić information content (AvgIpc) is 3.64. The molecule has 2 aliphatic rings. The van der Waals surface area contributed by atoms with E-state index in [0.717, 1.165) is 34.4 Å². The monoisotopic (exact) mass is 474 g/mol. The first kappa shape index (κ1) is 22.6. The molecule has 1 saturated carbocycles. The van der Waals surface area contributed by atoms with Crippen LogP contribution in [0.4, 0.5) is 14.9 Å². The van der Waals surface area contributed by atoms with Crippen molar-refractivity contribution in [3.8, 4) is 11.1 Å². The average molecular weight is 474 g/mol. The SMILES string of the molecule is O=C(O)CN(C(=O)c1cc(F)ccc1NC(=O)OCC1c2ccccc2-c2ccccc21)C1CC1. The third-order valence-electron chi connectivity index (χ3n) is 6.35. The van der Waals surface area contributed by atoms with Crippen molar-refractivity contribution in [2.75, 3.05) is 18.5 Å². The molecule has 0 aliphatic heterocycles. The van der Waals surface area contributed by atoms with E-state index >= 15 is 0 Å². The van der Waals surface area contributed by atoms with Crippen molar-refractivity contribution in [3.05, 3.63) is 89.2 Å². The maximum atomic E-state index is 14.0. The van der Waals surface area contributed by atoms with Gasteiger partial charge >= 0.3 is 12.1 Å². The molecule has 0 bridgehead atoms. The molecule has 2 amide bonds. The van der Waals surface area contributed by atoms with E-state index in [1.54, 1.807) is 0 Å². The second-order valence-corrected chi connectivity index (χ2v) is 8.70. The first-order valence-corrected chi connectivity index (χ1v) is 11.4. The Kier molecular flexibility index (Phi) is 5.94. The number of anilines is 1. The minimum absolute atomic E-state index is 0.0599.